The molecule has 2 aromatic carbocycles. The first kappa shape index (κ1) is 15.6. The predicted octanol–water partition coefficient (Wildman–Crippen LogP) is 3.53. The average Bonchev–Trinajstić information content (AvgIpc) is 2.62. The number of fused-ring (bicyclic) bond motifs is 1. The maximum Gasteiger partial charge on any atom is 0.360 e. The van der Waals surface area contributed by atoms with Gasteiger partial charge in [0.05, 0.1) is 14.2 Å². The van der Waals surface area contributed by atoms with Gasteiger partial charge in [-0.1, -0.05) is 24.3 Å². The van der Waals surface area contributed by atoms with E-state index in [9.17, 15) is 9.90 Å². The van der Waals surface area contributed by atoms with Gasteiger partial charge in [0.2, 0.25) is 0 Å². The van der Waals surface area contributed by atoms with Gasteiger partial charge in [0.25, 0.3) is 0 Å². The van der Waals surface area contributed by atoms with Crippen molar-refractivity contribution >= 4 is 16.7 Å². The van der Waals surface area contributed by atoms with Crippen molar-refractivity contribution in [1.29, 1.82) is 0 Å². The Kier molecular flexibility index (Phi) is 4.20. The quantitative estimate of drug-likeness (QED) is 0.739. The fraction of sp³-hybridized carbons (Fsp3) is 0.111. The summed E-state index contributed by atoms with van der Waals surface area (Å²) in [6.45, 7) is 0. The summed E-state index contributed by atoms with van der Waals surface area (Å²) in [7, 11) is 2.79. The van der Waals surface area contributed by atoms with Crippen molar-refractivity contribution in [2.24, 2.45) is 0 Å². The molecule has 122 valence electrons. The lowest BCUT2D eigenvalue weighted by molar-refractivity contribution is 0.0591. The molecule has 0 bridgehead atoms. The van der Waals surface area contributed by atoms with Crippen molar-refractivity contribution in [3.05, 3.63) is 54.4 Å². The van der Waals surface area contributed by atoms with Crippen molar-refractivity contribution in [2.45, 2.75) is 0 Å². The highest BCUT2D eigenvalue weighted by atomic mass is 16.5. The van der Waals surface area contributed by atoms with Crippen LogP contribution in [0.5, 0.6) is 23.0 Å². The number of para-hydroxylation sites is 2. The topological polar surface area (TPSA) is 77.9 Å². The van der Waals surface area contributed by atoms with Gasteiger partial charge in [-0.25, -0.2) is 9.78 Å². The van der Waals surface area contributed by atoms with E-state index < -0.39 is 5.97 Å². The van der Waals surface area contributed by atoms with Gasteiger partial charge in [0, 0.05) is 17.0 Å². The molecule has 0 amide bonds. The molecule has 0 unspecified atom stereocenters. The van der Waals surface area contributed by atoms with Crippen LogP contribution in [-0.2, 0) is 4.74 Å². The summed E-state index contributed by atoms with van der Waals surface area (Å²) in [5, 5.41) is 11.3. The molecule has 0 radical (unpaired) electrons. The van der Waals surface area contributed by atoms with Crippen molar-refractivity contribution in [1.82, 2.24) is 4.98 Å². The van der Waals surface area contributed by atoms with E-state index in [-0.39, 0.29) is 11.4 Å². The van der Waals surface area contributed by atoms with Crippen molar-refractivity contribution in [3.8, 4) is 23.0 Å². The summed E-state index contributed by atoms with van der Waals surface area (Å²) in [6, 6.07) is 12.4. The highest BCUT2D eigenvalue weighted by molar-refractivity contribution is 6.00. The van der Waals surface area contributed by atoms with Crippen LogP contribution in [0.25, 0.3) is 10.8 Å². The van der Waals surface area contributed by atoms with E-state index in [0.717, 1.165) is 0 Å². The molecule has 0 spiro atoms. The number of nitrogens with zero attached hydrogens (tertiary/aromatic N) is 1. The molecule has 24 heavy (non-hydrogen) atoms. The summed E-state index contributed by atoms with van der Waals surface area (Å²) in [6.07, 6.45) is 1.46. The Hall–Kier alpha value is -3.28. The van der Waals surface area contributed by atoms with Crippen LogP contribution >= 0.6 is 0 Å². The summed E-state index contributed by atoms with van der Waals surface area (Å²) in [5.74, 6) is 0.647. The number of aromatic nitrogens is 1. The molecule has 0 atom stereocenters. The minimum atomic E-state index is -0.703. The minimum absolute atomic E-state index is 0.139. The summed E-state index contributed by atoms with van der Waals surface area (Å²) in [5.41, 5.74) is -0.139. The Labute approximate surface area is 138 Å². The molecule has 3 aromatic rings. The molecule has 1 N–H and O–H groups in total. The van der Waals surface area contributed by atoms with Crippen LogP contribution in [0, 0.1) is 0 Å². The number of rotatable bonds is 4. The average molecular weight is 325 g/mol. The summed E-state index contributed by atoms with van der Waals surface area (Å²) in [4.78, 5) is 15.6. The second-order valence-corrected chi connectivity index (χ2v) is 4.92. The minimum Gasteiger partial charge on any atom is -0.505 e. The number of aromatic hydroxyl groups is 1. The number of methoxy groups -OCH3 is 2. The molecule has 0 fully saturated rings. The van der Waals surface area contributed by atoms with Crippen molar-refractivity contribution in [2.75, 3.05) is 14.2 Å². The van der Waals surface area contributed by atoms with Crippen LogP contribution in [0.3, 0.4) is 0 Å². The Bertz CT molecular complexity index is 907. The third-order valence-electron chi connectivity index (χ3n) is 3.54. The normalized spacial score (nSPS) is 10.4. The molecule has 0 aliphatic heterocycles. The van der Waals surface area contributed by atoms with Crippen LogP contribution in [0.15, 0.2) is 48.7 Å². The highest BCUT2D eigenvalue weighted by Gasteiger charge is 2.18. The lowest BCUT2D eigenvalue weighted by Gasteiger charge is -2.13. The molecule has 1 heterocycles. The molecular weight excluding hydrogens is 310 g/mol. The third kappa shape index (κ3) is 2.69. The molecule has 0 saturated carbocycles. The highest BCUT2D eigenvalue weighted by Crippen LogP contribution is 2.37. The zero-order chi connectivity index (χ0) is 17.1. The number of hydrogen-bond acceptors (Lipinski definition) is 6. The van der Waals surface area contributed by atoms with Gasteiger partial charge in [-0.3, -0.25) is 0 Å². The third-order valence-corrected chi connectivity index (χ3v) is 3.54. The van der Waals surface area contributed by atoms with Crippen LogP contribution in [0.4, 0.5) is 0 Å². The monoisotopic (exact) mass is 325 g/mol. The van der Waals surface area contributed by atoms with Crippen LogP contribution in [-0.4, -0.2) is 30.3 Å². The van der Waals surface area contributed by atoms with E-state index in [4.69, 9.17) is 9.47 Å². The zero-order valence-corrected chi connectivity index (χ0v) is 13.1. The summed E-state index contributed by atoms with van der Waals surface area (Å²) < 4.78 is 15.8. The van der Waals surface area contributed by atoms with Gasteiger partial charge in [-0.15, -0.1) is 0 Å². The molecule has 6 nitrogen and oxygen atoms in total. The molecule has 0 saturated heterocycles. The summed E-state index contributed by atoms with van der Waals surface area (Å²) >= 11 is 0. The van der Waals surface area contributed by atoms with Crippen molar-refractivity contribution in [3.63, 3.8) is 0 Å². The Morgan fingerprint density at radius 3 is 2.38 bits per heavy atom. The van der Waals surface area contributed by atoms with E-state index in [2.05, 4.69) is 9.72 Å². The van der Waals surface area contributed by atoms with E-state index in [1.54, 1.807) is 37.4 Å². The lowest BCUT2D eigenvalue weighted by Crippen LogP contribution is -2.04. The number of pyridine rings is 1. The number of carbonyl (C=O) groups is 1. The van der Waals surface area contributed by atoms with Crippen LogP contribution in [0.2, 0.25) is 0 Å². The fourth-order valence-corrected chi connectivity index (χ4v) is 2.36. The van der Waals surface area contributed by atoms with Gasteiger partial charge in [-0.05, 0) is 18.2 Å². The number of hydrogen-bond donors (Lipinski definition) is 1. The number of ether oxygens (including phenoxy) is 3. The van der Waals surface area contributed by atoms with E-state index in [1.165, 1.54) is 13.3 Å². The van der Waals surface area contributed by atoms with Gasteiger partial charge in [-0.2, -0.15) is 0 Å². The first-order chi connectivity index (χ1) is 11.7. The fourth-order valence-electron chi connectivity index (χ4n) is 2.36. The van der Waals surface area contributed by atoms with E-state index in [0.29, 0.717) is 28.0 Å². The predicted molar refractivity (Wildman–Crippen MR) is 87.8 cm³/mol. The molecule has 3 rings (SSSR count). The second kappa shape index (κ2) is 6.45. The van der Waals surface area contributed by atoms with Gasteiger partial charge in [0.15, 0.2) is 22.9 Å². The Morgan fingerprint density at radius 1 is 0.958 bits per heavy atom. The van der Waals surface area contributed by atoms with Gasteiger partial charge < -0.3 is 19.3 Å². The number of carbonyl (C=O) groups excluding carboxylic acids is 1. The Balaban J connectivity index is 2.10. The number of esters is 1. The second-order valence-electron chi connectivity index (χ2n) is 4.92. The zero-order valence-electron chi connectivity index (χ0n) is 13.1. The smallest absolute Gasteiger partial charge is 0.360 e. The van der Waals surface area contributed by atoms with E-state index in [1.807, 2.05) is 12.1 Å². The standard InChI is InChI=1S/C18H15NO5/c1-22-14-7-3-4-8-15(14)24-13-9-5-6-11-12(13)10-19-16(17(11)20)18(21)23-2/h3-10,20H,1-2H3. The maximum atomic E-state index is 11.6. The lowest BCUT2D eigenvalue weighted by atomic mass is 10.1. The Morgan fingerprint density at radius 2 is 1.67 bits per heavy atom. The van der Waals surface area contributed by atoms with Crippen molar-refractivity contribution < 1.29 is 24.1 Å². The first-order valence-electron chi connectivity index (χ1n) is 7.15. The van der Waals surface area contributed by atoms with Crippen LogP contribution < -0.4 is 9.47 Å². The van der Waals surface area contributed by atoms with Gasteiger partial charge in [0.1, 0.15) is 5.75 Å². The SMILES string of the molecule is COC(=O)c1ncc2c(Oc3ccccc3OC)cccc2c1O. The largest absolute Gasteiger partial charge is 0.505 e. The van der Waals surface area contributed by atoms with E-state index >= 15 is 0 Å². The number of benzene rings is 2. The van der Waals surface area contributed by atoms with Gasteiger partial charge >= 0.3 is 5.97 Å². The molecular formula is C18H15NO5. The maximum absolute atomic E-state index is 11.6. The van der Waals surface area contributed by atoms with Crippen LogP contribution in [0.1, 0.15) is 10.5 Å². The molecule has 0 aliphatic rings. The first-order valence-corrected chi connectivity index (χ1v) is 7.15. The molecule has 6 heteroatoms. The molecule has 1 aromatic heterocycles. The molecule has 0 aliphatic carbocycles.